The largest absolute Gasteiger partial charge is 0.394 e. The molecule has 3 saturated heterocycles. The van der Waals surface area contributed by atoms with Crippen molar-refractivity contribution in [2.75, 3.05) is 59.5 Å². The Labute approximate surface area is 309 Å². The van der Waals surface area contributed by atoms with Gasteiger partial charge in [0.25, 0.3) is 0 Å². The van der Waals surface area contributed by atoms with Crippen LogP contribution in [0.2, 0.25) is 0 Å². The number of aromatic nitrogens is 1. The van der Waals surface area contributed by atoms with Gasteiger partial charge in [-0.3, -0.25) is 9.69 Å². The van der Waals surface area contributed by atoms with Crippen LogP contribution >= 0.6 is 0 Å². The first-order chi connectivity index (χ1) is 25.6. The number of fused-ring (bicyclic) bond motifs is 3. The van der Waals surface area contributed by atoms with E-state index in [4.69, 9.17) is 9.47 Å². The number of benzene rings is 2. The molecule has 14 heteroatoms. The Balaban J connectivity index is 0.00000266. The summed E-state index contributed by atoms with van der Waals surface area (Å²) in [6.07, 6.45) is -10.6. The van der Waals surface area contributed by atoms with Crippen molar-refractivity contribution in [3.63, 3.8) is 0 Å². The molecule has 8 unspecified atom stereocenters. The van der Waals surface area contributed by atoms with E-state index in [9.17, 15) is 40.5 Å². The molecule has 4 heterocycles. The molecule has 3 aromatic rings. The molecule has 53 heavy (non-hydrogen) atoms. The Morgan fingerprint density at radius 3 is 1.94 bits per heavy atom. The molecule has 1 amide bonds. The smallest absolute Gasteiger partial charge is 0.240 e. The fourth-order valence-corrected chi connectivity index (χ4v) is 6.77. The standard InChI is InChI=1S/C37H46N4O10.C2H6/c1-39-12-14-40(15-13-39)11-10-38-33(45)19-41-27-16-22(4-8-30-34(46)29(44)18-24(20-42)50-30)2-6-25(27)26-7-3-23(17-28(26)41)5-9-31-35(47)37(49)36(48)32(21-43)51-31;1-2/h2-3,6-7,16-17,24,29-32,34-37,42-44,46-49H,10-15,18-21H2,1H3,(H,38,45);1-2H3/t24?,29?,30?,31?,32?,34?,35?,36-,37?;/m1./s1. The highest BCUT2D eigenvalue weighted by molar-refractivity contribution is 6.09. The maximum absolute atomic E-state index is 13.4. The van der Waals surface area contributed by atoms with Crippen LogP contribution in [0.3, 0.4) is 0 Å². The molecule has 288 valence electrons. The van der Waals surface area contributed by atoms with E-state index >= 15 is 0 Å². The fourth-order valence-electron chi connectivity index (χ4n) is 6.77. The van der Waals surface area contributed by atoms with Gasteiger partial charge in [0, 0.05) is 67.6 Å². The summed E-state index contributed by atoms with van der Waals surface area (Å²) in [6, 6.07) is 11.0. The average molecular weight is 737 g/mol. The van der Waals surface area contributed by atoms with Gasteiger partial charge in [0.15, 0.2) is 0 Å². The SMILES string of the molecule is CC.CN1CCN(CCNC(=O)Cn2c3cc(C#CC4OC(CO)CC(O)C4O)ccc3c3ccc(C#CC4OC(CO)[C@@H](O)C(O)C4O)cc32)CC1. The summed E-state index contributed by atoms with van der Waals surface area (Å²) in [7, 11) is 2.10. The number of aliphatic hydroxyl groups excluding tert-OH is 7. The van der Waals surface area contributed by atoms with Gasteiger partial charge in [-0.2, -0.15) is 0 Å². The maximum atomic E-state index is 13.4. The number of hydrogen-bond donors (Lipinski definition) is 8. The Morgan fingerprint density at radius 1 is 0.792 bits per heavy atom. The molecule has 0 bridgehead atoms. The van der Waals surface area contributed by atoms with Crippen molar-refractivity contribution < 1.29 is 50.0 Å². The number of rotatable bonds is 7. The number of carbonyl (C=O) groups excluding carboxylic acids is 1. The van der Waals surface area contributed by atoms with Crippen LogP contribution in [0.4, 0.5) is 0 Å². The lowest BCUT2D eigenvalue weighted by Crippen LogP contribution is -2.58. The number of nitrogens with one attached hydrogen (secondary N) is 1. The molecular formula is C39H52N4O10. The van der Waals surface area contributed by atoms with Crippen molar-refractivity contribution in [2.45, 2.75) is 81.7 Å². The van der Waals surface area contributed by atoms with Gasteiger partial charge in [-0.15, -0.1) is 0 Å². The van der Waals surface area contributed by atoms with Crippen LogP contribution in [0.25, 0.3) is 21.8 Å². The summed E-state index contributed by atoms with van der Waals surface area (Å²) in [5.74, 6) is 11.5. The normalized spacial score (nSPS) is 29.4. The molecule has 9 atom stereocenters. The van der Waals surface area contributed by atoms with Gasteiger partial charge in [-0.1, -0.05) is 49.7 Å². The first-order valence-electron chi connectivity index (χ1n) is 18.3. The lowest BCUT2D eigenvalue weighted by atomic mass is 9.95. The van der Waals surface area contributed by atoms with Crippen LogP contribution in [0.15, 0.2) is 36.4 Å². The van der Waals surface area contributed by atoms with Crippen molar-refractivity contribution >= 4 is 27.7 Å². The number of amides is 1. The van der Waals surface area contributed by atoms with Gasteiger partial charge in [-0.25, -0.2) is 0 Å². The number of carbonyl (C=O) groups is 1. The quantitative estimate of drug-likeness (QED) is 0.132. The second-order valence-electron chi connectivity index (χ2n) is 13.5. The second-order valence-corrected chi connectivity index (χ2v) is 13.5. The lowest BCUT2D eigenvalue weighted by molar-refractivity contribution is -0.214. The van der Waals surface area contributed by atoms with Crippen molar-refractivity contribution in [1.29, 1.82) is 0 Å². The van der Waals surface area contributed by atoms with Crippen LogP contribution in [-0.4, -0.2) is 170 Å². The van der Waals surface area contributed by atoms with E-state index in [-0.39, 0.29) is 25.5 Å². The van der Waals surface area contributed by atoms with E-state index in [0.29, 0.717) is 23.2 Å². The number of aliphatic hydroxyl groups is 7. The second kappa shape index (κ2) is 18.6. The molecule has 0 aliphatic carbocycles. The molecule has 3 fully saturated rings. The van der Waals surface area contributed by atoms with Gasteiger partial charge < -0.3 is 60.0 Å². The summed E-state index contributed by atoms with van der Waals surface area (Å²) in [6.45, 7) is 8.22. The first-order valence-corrected chi connectivity index (χ1v) is 18.3. The van der Waals surface area contributed by atoms with Gasteiger partial charge in [0.1, 0.15) is 49.3 Å². The third-order valence-electron chi connectivity index (χ3n) is 9.88. The van der Waals surface area contributed by atoms with Gasteiger partial charge in [0.05, 0.1) is 36.5 Å². The van der Waals surface area contributed by atoms with Crippen molar-refractivity contribution in [3.05, 3.63) is 47.5 Å². The van der Waals surface area contributed by atoms with Gasteiger partial charge >= 0.3 is 0 Å². The summed E-state index contributed by atoms with van der Waals surface area (Å²) < 4.78 is 13.1. The van der Waals surface area contributed by atoms with E-state index in [1.165, 1.54) is 0 Å². The number of nitrogens with zero attached hydrogens (tertiary/aromatic N) is 3. The number of ether oxygens (including phenoxy) is 2. The minimum Gasteiger partial charge on any atom is -0.394 e. The van der Waals surface area contributed by atoms with Crippen LogP contribution < -0.4 is 5.32 Å². The summed E-state index contributed by atoms with van der Waals surface area (Å²) in [5.41, 5.74) is 2.56. The molecule has 0 saturated carbocycles. The zero-order chi connectivity index (χ0) is 38.2. The molecule has 2 aromatic carbocycles. The zero-order valence-corrected chi connectivity index (χ0v) is 30.4. The molecule has 0 spiro atoms. The molecule has 3 aliphatic rings. The average Bonchev–Trinajstić information content (AvgIpc) is 3.47. The topological polar surface area (TPSA) is 201 Å². The Bertz CT molecular complexity index is 1820. The molecule has 0 radical (unpaired) electrons. The monoisotopic (exact) mass is 736 g/mol. The molecular weight excluding hydrogens is 684 g/mol. The highest BCUT2D eigenvalue weighted by Crippen LogP contribution is 2.31. The fraction of sp³-hybridized carbons (Fsp3) is 0.564. The third kappa shape index (κ3) is 9.56. The number of likely N-dealkylation sites (N-methyl/N-ethyl adjacent to an activating group) is 1. The van der Waals surface area contributed by atoms with Crippen molar-refractivity contribution in [1.82, 2.24) is 19.7 Å². The predicted octanol–water partition coefficient (Wildman–Crippen LogP) is -1.40. The highest BCUT2D eigenvalue weighted by Gasteiger charge is 2.42. The van der Waals surface area contributed by atoms with E-state index < -0.39 is 61.5 Å². The van der Waals surface area contributed by atoms with Crippen LogP contribution in [-0.2, 0) is 20.8 Å². The van der Waals surface area contributed by atoms with Crippen LogP contribution in [0, 0.1) is 23.7 Å². The number of piperazine rings is 1. The van der Waals surface area contributed by atoms with E-state index in [1.807, 2.05) is 48.7 Å². The van der Waals surface area contributed by atoms with Crippen LogP contribution in [0.5, 0.6) is 0 Å². The summed E-state index contributed by atoms with van der Waals surface area (Å²) >= 11 is 0. The van der Waals surface area contributed by atoms with Crippen molar-refractivity contribution in [3.8, 4) is 23.7 Å². The van der Waals surface area contributed by atoms with Gasteiger partial charge in [0.2, 0.25) is 5.91 Å². The molecule has 8 N–H and O–H groups in total. The lowest BCUT2D eigenvalue weighted by Gasteiger charge is -2.37. The summed E-state index contributed by atoms with van der Waals surface area (Å²) in [4.78, 5) is 18.0. The summed E-state index contributed by atoms with van der Waals surface area (Å²) in [5, 5.41) is 75.2. The Morgan fingerprint density at radius 2 is 1.38 bits per heavy atom. The van der Waals surface area contributed by atoms with Crippen LogP contribution in [0.1, 0.15) is 31.4 Å². The first kappa shape index (κ1) is 40.6. The zero-order valence-electron chi connectivity index (χ0n) is 30.4. The number of hydrogen-bond acceptors (Lipinski definition) is 12. The predicted molar refractivity (Wildman–Crippen MR) is 198 cm³/mol. The Hall–Kier alpha value is -3.61. The van der Waals surface area contributed by atoms with Crippen molar-refractivity contribution in [2.24, 2.45) is 0 Å². The van der Waals surface area contributed by atoms with E-state index in [2.05, 4.69) is 45.8 Å². The maximum Gasteiger partial charge on any atom is 0.240 e. The molecule has 14 nitrogen and oxygen atoms in total. The van der Waals surface area contributed by atoms with Gasteiger partial charge in [-0.05, 0) is 31.3 Å². The highest BCUT2D eigenvalue weighted by atomic mass is 16.5. The van der Waals surface area contributed by atoms with E-state index in [0.717, 1.165) is 49.0 Å². The molecule has 6 rings (SSSR count). The minimum absolute atomic E-state index is 0.00195. The van der Waals surface area contributed by atoms with E-state index in [1.54, 1.807) is 6.07 Å². The molecule has 1 aromatic heterocycles. The Kier molecular flexibility index (Phi) is 14.3. The minimum atomic E-state index is -1.54. The molecule has 3 aliphatic heterocycles. The third-order valence-corrected chi connectivity index (χ3v) is 9.88.